The molecule has 1 aromatic carbocycles. The molecule has 0 saturated carbocycles. The lowest BCUT2D eigenvalue weighted by Gasteiger charge is -2.32. The number of benzene rings is 1. The van der Waals surface area contributed by atoms with Gasteiger partial charge in [-0.15, -0.1) is 0 Å². The highest BCUT2D eigenvalue weighted by molar-refractivity contribution is 6.62. The van der Waals surface area contributed by atoms with Gasteiger partial charge in [-0.3, -0.25) is 4.90 Å². The average Bonchev–Trinajstić information content (AvgIpc) is 2.77. The van der Waals surface area contributed by atoms with Gasteiger partial charge in [-0.05, 0) is 58.0 Å². The summed E-state index contributed by atoms with van der Waals surface area (Å²) in [6.07, 6.45) is 2.16. The minimum atomic E-state index is -0.524. The number of halogens is 1. The number of nitrogens with zero attached hydrogens (tertiary/aromatic N) is 1. The SMILES string of the molecule is CCC(CC)N(Cc1ccc(B2OC(C)(C)C(C)(C)O2)cc1F)CC(C)C. The second-order valence-corrected chi connectivity index (χ2v) is 9.23. The molecular weight excluding hydrogens is 340 g/mol. The van der Waals surface area contributed by atoms with Gasteiger partial charge in [-0.1, -0.05) is 39.8 Å². The highest BCUT2D eigenvalue weighted by atomic mass is 19.1. The van der Waals surface area contributed by atoms with Gasteiger partial charge in [-0.2, -0.15) is 0 Å². The van der Waals surface area contributed by atoms with Crippen LogP contribution in [0.25, 0.3) is 0 Å². The molecule has 1 fully saturated rings. The number of hydrogen-bond donors (Lipinski definition) is 0. The first-order valence-corrected chi connectivity index (χ1v) is 10.4. The summed E-state index contributed by atoms with van der Waals surface area (Å²) >= 11 is 0. The smallest absolute Gasteiger partial charge is 0.399 e. The summed E-state index contributed by atoms with van der Waals surface area (Å²) in [5.74, 6) is 0.375. The van der Waals surface area contributed by atoms with E-state index in [0.717, 1.165) is 30.4 Å². The van der Waals surface area contributed by atoms with E-state index in [0.29, 0.717) is 18.5 Å². The van der Waals surface area contributed by atoms with Crippen LogP contribution in [-0.4, -0.2) is 35.8 Å². The van der Waals surface area contributed by atoms with Crippen molar-refractivity contribution in [3.05, 3.63) is 29.6 Å². The molecule has 0 aromatic heterocycles. The molecule has 0 radical (unpaired) electrons. The van der Waals surface area contributed by atoms with E-state index in [9.17, 15) is 4.39 Å². The van der Waals surface area contributed by atoms with Gasteiger partial charge >= 0.3 is 7.12 Å². The van der Waals surface area contributed by atoms with Gasteiger partial charge in [0.2, 0.25) is 0 Å². The Hall–Kier alpha value is -0.905. The van der Waals surface area contributed by atoms with Crippen LogP contribution >= 0.6 is 0 Å². The van der Waals surface area contributed by atoms with Gasteiger partial charge in [0.1, 0.15) is 5.82 Å². The van der Waals surface area contributed by atoms with E-state index < -0.39 is 18.3 Å². The standard InChI is InChI=1S/C22H37BFNO2/c1-9-19(10-2)25(14-16(3)4)15-17-11-12-18(13-20(17)24)23-26-21(5,6)22(7,8)27-23/h11-13,16,19H,9-10,14-15H2,1-8H3. The molecule has 5 heteroatoms. The normalized spacial score (nSPS) is 18.9. The Bertz CT molecular complexity index is 613. The zero-order valence-electron chi connectivity index (χ0n) is 18.4. The van der Waals surface area contributed by atoms with E-state index in [1.165, 1.54) is 0 Å². The van der Waals surface area contributed by atoms with Crippen LogP contribution in [0.1, 0.15) is 73.8 Å². The van der Waals surface area contributed by atoms with Gasteiger partial charge in [0.15, 0.2) is 0 Å². The third kappa shape index (κ3) is 5.13. The van der Waals surface area contributed by atoms with E-state index in [1.807, 2.05) is 39.8 Å². The average molecular weight is 377 g/mol. The highest BCUT2D eigenvalue weighted by Gasteiger charge is 2.51. The van der Waals surface area contributed by atoms with E-state index in [4.69, 9.17) is 9.31 Å². The highest BCUT2D eigenvalue weighted by Crippen LogP contribution is 2.36. The number of hydrogen-bond acceptors (Lipinski definition) is 3. The molecule has 1 aliphatic heterocycles. The van der Waals surface area contributed by atoms with Crippen molar-refractivity contribution < 1.29 is 13.7 Å². The van der Waals surface area contributed by atoms with Crippen LogP contribution in [-0.2, 0) is 15.9 Å². The molecule has 152 valence electrons. The molecule has 0 aliphatic carbocycles. The maximum Gasteiger partial charge on any atom is 0.494 e. The van der Waals surface area contributed by atoms with Crippen LogP contribution in [0.5, 0.6) is 0 Å². The fourth-order valence-electron chi connectivity index (χ4n) is 3.65. The van der Waals surface area contributed by atoms with Crippen molar-refractivity contribution in [2.45, 2.75) is 92.0 Å². The maximum absolute atomic E-state index is 14.9. The fraction of sp³-hybridized carbons (Fsp3) is 0.727. The maximum atomic E-state index is 14.9. The first kappa shape index (κ1) is 22.4. The third-order valence-electron chi connectivity index (χ3n) is 6.03. The van der Waals surface area contributed by atoms with Crippen LogP contribution in [0.4, 0.5) is 4.39 Å². The second kappa shape index (κ2) is 8.63. The lowest BCUT2D eigenvalue weighted by Crippen LogP contribution is -2.41. The quantitative estimate of drug-likeness (QED) is 0.609. The summed E-state index contributed by atoms with van der Waals surface area (Å²) < 4.78 is 27.0. The van der Waals surface area contributed by atoms with E-state index in [-0.39, 0.29) is 5.82 Å². The Kier molecular flexibility index (Phi) is 7.15. The van der Waals surface area contributed by atoms with E-state index in [1.54, 1.807) is 6.07 Å². The summed E-state index contributed by atoms with van der Waals surface area (Å²) in [4.78, 5) is 2.41. The molecule has 0 atom stereocenters. The molecule has 0 spiro atoms. The van der Waals surface area contributed by atoms with Crippen LogP contribution in [0.15, 0.2) is 18.2 Å². The largest absolute Gasteiger partial charge is 0.494 e. The molecule has 0 unspecified atom stereocenters. The molecule has 2 rings (SSSR count). The molecule has 0 N–H and O–H groups in total. The third-order valence-corrected chi connectivity index (χ3v) is 6.03. The van der Waals surface area contributed by atoms with Gasteiger partial charge in [0.05, 0.1) is 11.2 Å². The zero-order valence-corrected chi connectivity index (χ0v) is 18.4. The van der Waals surface area contributed by atoms with Gasteiger partial charge in [0.25, 0.3) is 0 Å². The molecule has 1 aliphatic rings. The van der Waals surface area contributed by atoms with Crippen molar-refractivity contribution >= 4 is 12.6 Å². The minimum absolute atomic E-state index is 0.179. The molecule has 27 heavy (non-hydrogen) atoms. The second-order valence-electron chi connectivity index (χ2n) is 9.23. The Balaban J connectivity index is 2.18. The van der Waals surface area contributed by atoms with Crippen molar-refractivity contribution in [1.29, 1.82) is 0 Å². The minimum Gasteiger partial charge on any atom is -0.399 e. The van der Waals surface area contributed by atoms with Crippen LogP contribution in [0.3, 0.4) is 0 Å². The first-order chi connectivity index (χ1) is 12.5. The fourth-order valence-corrected chi connectivity index (χ4v) is 3.65. The summed E-state index contributed by atoms with van der Waals surface area (Å²) in [5.41, 5.74) is 0.642. The predicted octanol–water partition coefficient (Wildman–Crippen LogP) is 4.77. The first-order valence-electron chi connectivity index (χ1n) is 10.4. The van der Waals surface area contributed by atoms with E-state index in [2.05, 4.69) is 32.6 Å². The summed E-state index contributed by atoms with van der Waals surface area (Å²) in [7, 11) is -0.524. The molecule has 1 saturated heterocycles. The van der Waals surface area contributed by atoms with Gasteiger partial charge < -0.3 is 9.31 Å². The van der Waals surface area contributed by atoms with Crippen molar-refractivity contribution in [3.8, 4) is 0 Å². The van der Waals surface area contributed by atoms with Crippen LogP contribution < -0.4 is 5.46 Å². The van der Waals surface area contributed by atoms with Gasteiger partial charge in [0, 0.05) is 24.7 Å². The molecule has 1 aromatic rings. The summed E-state index contributed by atoms with van der Waals surface area (Å²) in [6.45, 7) is 18.5. The topological polar surface area (TPSA) is 21.7 Å². The van der Waals surface area contributed by atoms with Crippen LogP contribution in [0.2, 0.25) is 0 Å². The molecule has 1 heterocycles. The Morgan fingerprint density at radius 3 is 2.04 bits per heavy atom. The Morgan fingerprint density at radius 1 is 1.04 bits per heavy atom. The lowest BCUT2D eigenvalue weighted by molar-refractivity contribution is 0.00578. The molecular formula is C22H37BFNO2. The van der Waals surface area contributed by atoms with Crippen molar-refractivity contribution in [3.63, 3.8) is 0 Å². The van der Waals surface area contributed by atoms with Crippen LogP contribution in [0, 0.1) is 11.7 Å². The molecule has 3 nitrogen and oxygen atoms in total. The Morgan fingerprint density at radius 2 is 1.59 bits per heavy atom. The molecule has 0 amide bonds. The van der Waals surface area contributed by atoms with Crippen molar-refractivity contribution in [2.24, 2.45) is 5.92 Å². The number of rotatable bonds is 8. The van der Waals surface area contributed by atoms with Gasteiger partial charge in [-0.25, -0.2) is 4.39 Å². The molecule has 0 bridgehead atoms. The summed E-state index contributed by atoms with van der Waals surface area (Å²) in [6, 6.07) is 5.90. The lowest BCUT2D eigenvalue weighted by atomic mass is 9.78. The van der Waals surface area contributed by atoms with Crippen molar-refractivity contribution in [1.82, 2.24) is 4.90 Å². The zero-order chi connectivity index (χ0) is 20.4. The summed E-state index contributed by atoms with van der Waals surface area (Å²) in [5, 5.41) is 0. The monoisotopic (exact) mass is 377 g/mol. The van der Waals surface area contributed by atoms with Crippen molar-refractivity contribution in [2.75, 3.05) is 6.54 Å². The van der Waals surface area contributed by atoms with E-state index >= 15 is 0 Å². The predicted molar refractivity (Wildman–Crippen MR) is 112 cm³/mol. The Labute approximate surface area is 165 Å².